The van der Waals surface area contributed by atoms with Crippen LogP contribution in [-0.2, 0) is 14.9 Å². The Kier molecular flexibility index (Phi) is 8.14. The average molecular weight is 373 g/mol. The normalized spacial score (nSPS) is 15.5. The zero-order chi connectivity index (χ0) is 19.7. The molecular formula is C23H32O4. The summed E-state index contributed by atoms with van der Waals surface area (Å²) in [4.78, 5) is 0. The quantitative estimate of drug-likeness (QED) is 0.622. The highest BCUT2D eigenvalue weighted by Crippen LogP contribution is 2.33. The van der Waals surface area contributed by atoms with E-state index in [0.717, 1.165) is 24.7 Å². The highest BCUT2D eigenvalue weighted by molar-refractivity contribution is 5.41. The second-order valence-electron chi connectivity index (χ2n) is 6.95. The molecule has 1 heterocycles. The van der Waals surface area contributed by atoms with Gasteiger partial charge in [-0.3, -0.25) is 0 Å². The van der Waals surface area contributed by atoms with Gasteiger partial charge in [0, 0.05) is 19.1 Å². The summed E-state index contributed by atoms with van der Waals surface area (Å²) in [6.45, 7) is 11.4. The van der Waals surface area contributed by atoms with Gasteiger partial charge in [-0.15, -0.1) is 0 Å². The van der Waals surface area contributed by atoms with Gasteiger partial charge in [0.1, 0.15) is 24.2 Å². The third-order valence-electron chi connectivity index (χ3n) is 4.59. The van der Waals surface area contributed by atoms with E-state index in [1.807, 2.05) is 38.1 Å². The maximum atomic E-state index is 5.70. The van der Waals surface area contributed by atoms with Gasteiger partial charge < -0.3 is 18.9 Å². The predicted octanol–water partition coefficient (Wildman–Crippen LogP) is 4.84. The summed E-state index contributed by atoms with van der Waals surface area (Å²) < 4.78 is 20.9. The van der Waals surface area contributed by atoms with Crippen LogP contribution < -0.4 is 9.47 Å². The van der Waals surface area contributed by atoms with Crippen molar-refractivity contribution in [3.05, 3.63) is 59.7 Å². The van der Waals surface area contributed by atoms with Gasteiger partial charge in [0.2, 0.25) is 0 Å². The summed E-state index contributed by atoms with van der Waals surface area (Å²) in [5.74, 6) is 1.81. The van der Waals surface area contributed by atoms with Crippen LogP contribution in [0.5, 0.6) is 11.5 Å². The third-order valence-corrected chi connectivity index (χ3v) is 4.59. The molecule has 1 fully saturated rings. The molecule has 27 heavy (non-hydrogen) atoms. The SMILES string of the molecule is CCOC.CCOc1ccc(C(C)(C)c2ccc(OCC3CO3)cc2)cc1. The monoisotopic (exact) mass is 372 g/mol. The van der Waals surface area contributed by atoms with E-state index in [4.69, 9.17) is 14.2 Å². The molecule has 1 atom stereocenters. The first-order valence-corrected chi connectivity index (χ1v) is 9.58. The Balaban J connectivity index is 0.000000596. The molecule has 0 aromatic heterocycles. The lowest BCUT2D eigenvalue weighted by Crippen LogP contribution is -2.18. The van der Waals surface area contributed by atoms with Gasteiger partial charge in [-0.25, -0.2) is 0 Å². The number of rotatable bonds is 8. The van der Waals surface area contributed by atoms with Crippen molar-refractivity contribution in [1.29, 1.82) is 0 Å². The second kappa shape index (κ2) is 10.3. The van der Waals surface area contributed by atoms with E-state index in [9.17, 15) is 0 Å². The number of methoxy groups -OCH3 is 1. The summed E-state index contributed by atoms with van der Waals surface area (Å²) in [5.41, 5.74) is 2.46. The standard InChI is InChI=1S/C20H24O3.C3H8O/c1-4-21-17-9-5-15(6-10-17)20(2,3)16-7-11-18(12-8-16)22-13-19-14-23-19;1-3-4-2/h5-12,19H,4,13-14H2,1-3H3;3H2,1-2H3. The number of epoxide rings is 1. The van der Waals surface area contributed by atoms with Gasteiger partial charge in [-0.1, -0.05) is 38.1 Å². The molecule has 1 unspecified atom stereocenters. The van der Waals surface area contributed by atoms with E-state index in [-0.39, 0.29) is 11.5 Å². The van der Waals surface area contributed by atoms with E-state index in [0.29, 0.717) is 13.2 Å². The molecule has 2 aromatic carbocycles. The lowest BCUT2D eigenvalue weighted by Gasteiger charge is -2.26. The highest BCUT2D eigenvalue weighted by atomic mass is 16.6. The Morgan fingerprint density at radius 3 is 1.67 bits per heavy atom. The first-order chi connectivity index (χ1) is 13.0. The van der Waals surface area contributed by atoms with Crippen LogP contribution in [-0.4, -0.2) is 39.6 Å². The van der Waals surface area contributed by atoms with Crippen LogP contribution in [0.2, 0.25) is 0 Å². The van der Waals surface area contributed by atoms with Gasteiger partial charge in [-0.2, -0.15) is 0 Å². The van der Waals surface area contributed by atoms with Crippen molar-refractivity contribution < 1.29 is 18.9 Å². The molecule has 3 rings (SSSR count). The summed E-state index contributed by atoms with van der Waals surface area (Å²) in [7, 11) is 1.68. The fraction of sp³-hybridized carbons (Fsp3) is 0.478. The van der Waals surface area contributed by atoms with Crippen molar-refractivity contribution in [2.24, 2.45) is 0 Å². The van der Waals surface area contributed by atoms with Gasteiger partial charge in [-0.05, 0) is 49.2 Å². The maximum Gasteiger partial charge on any atom is 0.119 e. The molecule has 4 nitrogen and oxygen atoms in total. The molecule has 1 aliphatic rings. The zero-order valence-corrected chi connectivity index (χ0v) is 17.2. The number of benzene rings is 2. The Hall–Kier alpha value is -2.04. The summed E-state index contributed by atoms with van der Waals surface area (Å²) in [6, 6.07) is 16.7. The van der Waals surface area contributed by atoms with Crippen LogP contribution in [0.3, 0.4) is 0 Å². The van der Waals surface area contributed by atoms with Crippen molar-refractivity contribution in [2.45, 2.75) is 39.2 Å². The summed E-state index contributed by atoms with van der Waals surface area (Å²) in [5, 5.41) is 0. The highest BCUT2D eigenvalue weighted by Gasteiger charge is 2.24. The first-order valence-electron chi connectivity index (χ1n) is 9.58. The van der Waals surface area contributed by atoms with E-state index in [2.05, 4.69) is 42.8 Å². The lowest BCUT2D eigenvalue weighted by molar-refractivity contribution is 0.215. The van der Waals surface area contributed by atoms with Gasteiger partial charge in [0.05, 0.1) is 13.2 Å². The Bertz CT molecular complexity index is 656. The van der Waals surface area contributed by atoms with Crippen molar-refractivity contribution in [1.82, 2.24) is 0 Å². The van der Waals surface area contributed by atoms with Crippen molar-refractivity contribution in [3.63, 3.8) is 0 Å². The van der Waals surface area contributed by atoms with Crippen molar-refractivity contribution in [3.8, 4) is 11.5 Å². The second-order valence-corrected chi connectivity index (χ2v) is 6.95. The minimum absolute atomic E-state index is 0.0666. The fourth-order valence-electron chi connectivity index (χ4n) is 2.62. The molecule has 0 radical (unpaired) electrons. The molecule has 0 bridgehead atoms. The van der Waals surface area contributed by atoms with Gasteiger partial charge >= 0.3 is 0 Å². The van der Waals surface area contributed by atoms with Crippen LogP contribution in [0.4, 0.5) is 0 Å². The largest absolute Gasteiger partial charge is 0.494 e. The maximum absolute atomic E-state index is 5.70. The minimum atomic E-state index is -0.0666. The van der Waals surface area contributed by atoms with Crippen LogP contribution in [0.25, 0.3) is 0 Å². The molecule has 148 valence electrons. The molecule has 4 heteroatoms. The van der Waals surface area contributed by atoms with E-state index in [1.165, 1.54) is 11.1 Å². The van der Waals surface area contributed by atoms with Crippen LogP contribution in [0.15, 0.2) is 48.5 Å². The smallest absolute Gasteiger partial charge is 0.119 e. The van der Waals surface area contributed by atoms with Gasteiger partial charge in [0.15, 0.2) is 0 Å². The molecule has 0 aliphatic carbocycles. The Morgan fingerprint density at radius 2 is 1.30 bits per heavy atom. The van der Waals surface area contributed by atoms with Crippen LogP contribution in [0.1, 0.15) is 38.8 Å². The minimum Gasteiger partial charge on any atom is -0.494 e. The predicted molar refractivity (Wildman–Crippen MR) is 109 cm³/mol. The zero-order valence-electron chi connectivity index (χ0n) is 17.2. The molecule has 0 saturated carbocycles. The Labute approximate surface area is 163 Å². The van der Waals surface area contributed by atoms with Crippen molar-refractivity contribution >= 4 is 0 Å². The van der Waals surface area contributed by atoms with Crippen molar-refractivity contribution in [2.75, 3.05) is 33.5 Å². The number of hydrogen-bond donors (Lipinski definition) is 0. The van der Waals surface area contributed by atoms with Crippen LogP contribution in [0, 0.1) is 0 Å². The lowest BCUT2D eigenvalue weighted by atomic mass is 9.78. The fourth-order valence-corrected chi connectivity index (χ4v) is 2.62. The average Bonchev–Trinajstić information content (AvgIpc) is 3.52. The molecule has 2 aromatic rings. The topological polar surface area (TPSA) is 40.2 Å². The summed E-state index contributed by atoms with van der Waals surface area (Å²) in [6.07, 6.45) is 0.287. The molecule has 1 aliphatic heterocycles. The molecule has 0 spiro atoms. The molecule has 1 saturated heterocycles. The molecule has 0 N–H and O–H groups in total. The Morgan fingerprint density at radius 1 is 0.852 bits per heavy atom. The third kappa shape index (κ3) is 6.56. The number of ether oxygens (including phenoxy) is 4. The van der Waals surface area contributed by atoms with E-state index in [1.54, 1.807) is 7.11 Å². The van der Waals surface area contributed by atoms with E-state index < -0.39 is 0 Å². The van der Waals surface area contributed by atoms with Crippen LogP contribution >= 0.6 is 0 Å². The summed E-state index contributed by atoms with van der Waals surface area (Å²) >= 11 is 0. The first kappa shape index (κ1) is 21.3. The van der Waals surface area contributed by atoms with E-state index >= 15 is 0 Å². The number of hydrogen-bond acceptors (Lipinski definition) is 4. The van der Waals surface area contributed by atoms with Gasteiger partial charge in [0.25, 0.3) is 0 Å². The molecule has 0 amide bonds. The molecular weight excluding hydrogens is 340 g/mol.